The molecule has 1 aromatic heterocycles. The largest absolute Gasteiger partial charge is 0.511 e. The maximum Gasteiger partial charge on any atom is 0.322 e. The van der Waals surface area contributed by atoms with E-state index in [1.54, 1.807) is 13.1 Å². The Bertz CT molecular complexity index is 954. The van der Waals surface area contributed by atoms with Gasteiger partial charge in [-0.05, 0) is 17.7 Å². The van der Waals surface area contributed by atoms with E-state index in [9.17, 15) is 19.5 Å². The molecule has 150 valence electrons. The minimum absolute atomic E-state index is 0.252. The third-order valence-electron chi connectivity index (χ3n) is 4.63. The third kappa shape index (κ3) is 4.60. The van der Waals surface area contributed by atoms with Crippen molar-refractivity contribution < 1.29 is 24.6 Å². The minimum Gasteiger partial charge on any atom is -0.511 e. The first-order chi connectivity index (χ1) is 13.9. The van der Waals surface area contributed by atoms with E-state index in [-0.39, 0.29) is 18.8 Å². The predicted molar refractivity (Wildman–Crippen MR) is 105 cm³/mol. The van der Waals surface area contributed by atoms with E-state index in [0.717, 1.165) is 16.8 Å². The fraction of sp³-hybridized carbons (Fsp3) is 0.238. The Morgan fingerprint density at radius 2 is 1.93 bits per heavy atom. The number of hydrogen-bond acceptors (Lipinski definition) is 5. The summed E-state index contributed by atoms with van der Waals surface area (Å²) in [5, 5.41) is 21.0. The Labute approximate surface area is 167 Å². The van der Waals surface area contributed by atoms with E-state index >= 15 is 0 Å². The van der Waals surface area contributed by atoms with Crippen molar-refractivity contribution in [3.8, 4) is 11.3 Å². The third-order valence-corrected chi connectivity index (χ3v) is 4.63. The molecular weight excluding hydrogens is 374 g/mol. The van der Waals surface area contributed by atoms with Crippen LogP contribution in [0.1, 0.15) is 12.5 Å². The van der Waals surface area contributed by atoms with Crippen molar-refractivity contribution in [3.05, 3.63) is 65.6 Å². The van der Waals surface area contributed by atoms with Gasteiger partial charge in [0.2, 0.25) is 0 Å². The number of aliphatic hydroxyl groups is 1. The lowest BCUT2D eigenvalue weighted by Crippen LogP contribution is -2.45. The monoisotopic (exact) mass is 395 g/mol. The van der Waals surface area contributed by atoms with Crippen LogP contribution < -0.4 is 5.32 Å². The summed E-state index contributed by atoms with van der Waals surface area (Å²) in [4.78, 5) is 41.4. The molecule has 0 bridgehead atoms. The highest BCUT2D eigenvalue weighted by Gasteiger charge is 2.35. The Kier molecular flexibility index (Phi) is 5.92. The summed E-state index contributed by atoms with van der Waals surface area (Å²) in [6.07, 6.45) is 1.72. The fourth-order valence-electron chi connectivity index (χ4n) is 3.14. The average molecular weight is 395 g/mol. The summed E-state index contributed by atoms with van der Waals surface area (Å²) in [5.74, 6) is -3.51. The molecule has 0 fully saturated rings. The van der Waals surface area contributed by atoms with Crippen molar-refractivity contribution >= 4 is 17.8 Å². The van der Waals surface area contributed by atoms with E-state index < -0.39 is 35.8 Å². The van der Waals surface area contributed by atoms with Gasteiger partial charge in [-0.2, -0.15) is 0 Å². The first-order valence-electron chi connectivity index (χ1n) is 9.09. The topological polar surface area (TPSA) is 120 Å². The van der Waals surface area contributed by atoms with Gasteiger partial charge in [-0.25, -0.2) is 0 Å². The van der Waals surface area contributed by atoms with Gasteiger partial charge in [0.1, 0.15) is 17.9 Å². The summed E-state index contributed by atoms with van der Waals surface area (Å²) in [5.41, 5.74) is 2.23. The van der Waals surface area contributed by atoms with Gasteiger partial charge < -0.3 is 20.4 Å². The molecule has 1 aliphatic rings. The molecule has 0 saturated heterocycles. The first kappa shape index (κ1) is 20.1. The molecule has 8 heteroatoms. The van der Waals surface area contributed by atoms with Crippen LogP contribution in [0.2, 0.25) is 0 Å². The predicted octanol–water partition coefficient (Wildman–Crippen LogP) is 1.74. The van der Waals surface area contributed by atoms with Crippen molar-refractivity contribution in [3.63, 3.8) is 0 Å². The Morgan fingerprint density at radius 1 is 1.21 bits per heavy atom. The van der Waals surface area contributed by atoms with Crippen LogP contribution >= 0.6 is 0 Å². The molecule has 0 radical (unpaired) electrons. The fourth-order valence-corrected chi connectivity index (χ4v) is 3.14. The summed E-state index contributed by atoms with van der Waals surface area (Å²) in [7, 11) is 0. The number of rotatable bonds is 6. The molecule has 2 heterocycles. The van der Waals surface area contributed by atoms with Gasteiger partial charge in [-0.3, -0.25) is 19.4 Å². The van der Waals surface area contributed by atoms with Gasteiger partial charge in [0, 0.05) is 30.8 Å². The average Bonchev–Trinajstić information content (AvgIpc) is 2.72. The molecular formula is C21H21N3O5. The van der Waals surface area contributed by atoms with E-state index in [2.05, 4.69) is 10.3 Å². The number of benzene rings is 1. The van der Waals surface area contributed by atoms with Crippen molar-refractivity contribution in [2.24, 2.45) is 5.92 Å². The van der Waals surface area contributed by atoms with Crippen LogP contribution in [0.15, 0.2) is 60.0 Å². The Hall–Kier alpha value is -3.68. The lowest BCUT2D eigenvalue weighted by molar-refractivity contribution is -0.139. The van der Waals surface area contributed by atoms with Crippen LogP contribution in [0.5, 0.6) is 0 Å². The van der Waals surface area contributed by atoms with E-state index in [1.165, 1.54) is 4.90 Å². The van der Waals surface area contributed by atoms with Crippen LogP contribution in [0.25, 0.3) is 11.3 Å². The number of aliphatic carboxylic acids is 1. The number of nitrogens with one attached hydrogen (secondary N) is 1. The maximum atomic E-state index is 12.8. The number of hydrogen-bond donors (Lipinski definition) is 3. The van der Waals surface area contributed by atoms with E-state index in [1.807, 2.05) is 42.5 Å². The number of aliphatic hydroxyl groups excluding tert-OH is 1. The number of carboxylic acid groups (broad SMARTS) is 1. The zero-order valence-corrected chi connectivity index (χ0v) is 15.8. The summed E-state index contributed by atoms with van der Waals surface area (Å²) < 4.78 is 0. The number of nitrogens with zero attached hydrogens (tertiary/aromatic N) is 2. The second-order valence-corrected chi connectivity index (χ2v) is 6.84. The van der Waals surface area contributed by atoms with Crippen LogP contribution in [-0.4, -0.2) is 51.0 Å². The van der Waals surface area contributed by atoms with Gasteiger partial charge in [-0.15, -0.1) is 0 Å². The standard InChI is InChI=1S/C21H21N3O5/c1-13-11-24(21(29)18(19(13)27)20(28)23-10-17(25)26)12-14-5-7-15(8-6-14)16-4-2-3-9-22-16/h2-9,13,27H,10-12H2,1H3,(H,23,28)(H,25,26). The zero-order valence-electron chi connectivity index (χ0n) is 15.8. The van der Waals surface area contributed by atoms with Gasteiger partial charge in [0.05, 0.1) is 5.69 Å². The second-order valence-electron chi connectivity index (χ2n) is 6.84. The number of pyridine rings is 1. The first-order valence-corrected chi connectivity index (χ1v) is 9.09. The van der Waals surface area contributed by atoms with Crippen molar-refractivity contribution in [2.45, 2.75) is 13.5 Å². The smallest absolute Gasteiger partial charge is 0.322 e. The van der Waals surface area contributed by atoms with Gasteiger partial charge in [0.15, 0.2) is 0 Å². The highest BCUT2D eigenvalue weighted by atomic mass is 16.4. The molecule has 0 aliphatic carbocycles. The number of amides is 2. The summed E-state index contributed by atoms with van der Waals surface area (Å²) >= 11 is 0. The van der Waals surface area contributed by atoms with Gasteiger partial charge in [-0.1, -0.05) is 37.3 Å². The molecule has 8 nitrogen and oxygen atoms in total. The SMILES string of the molecule is CC1CN(Cc2ccc(-c3ccccn3)cc2)C(=O)C(C(=O)NCC(=O)O)=C1O. The molecule has 1 aliphatic heterocycles. The minimum atomic E-state index is -1.24. The van der Waals surface area contributed by atoms with Crippen molar-refractivity contribution in [2.75, 3.05) is 13.1 Å². The number of carbonyl (C=O) groups excluding carboxylic acids is 2. The number of carboxylic acids is 1. The normalized spacial score (nSPS) is 16.7. The molecule has 3 rings (SSSR count). The Morgan fingerprint density at radius 3 is 2.55 bits per heavy atom. The second kappa shape index (κ2) is 8.55. The molecule has 1 unspecified atom stereocenters. The number of carbonyl (C=O) groups is 3. The van der Waals surface area contributed by atoms with Crippen molar-refractivity contribution in [1.29, 1.82) is 0 Å². The molecule has 0 spiro atoms. The molecule has 2 aromatic rings. The van der Waals surface area contributed by atoms with Crippen LogP contribution in [0.3, 0.4) is 0 Å². The van der Waals surface area contributed by atoms with E-state index in [4.69, 9.17) is 5.11 Å². The molecule has 29 heavy (non-hydrogen) atoms. The van der Waals surface area contributed by atoms with Gasteiger partial charge in [0.25, 0.3) is 11.8 Å². The zero-order chi connectivity index (χ0) is 21.0. The van der Waals surface area contributed by atoms with Crippen LogP contribution in [-0.2, 0) is 20.9 Å². The van der Waals surface area contributed by atoms with Crippen LogP contribution in [0.4, 0.5) is 0 Å². The molecule has 3 N–H and O–H groups in total. The molecule has 1 aromatic carbocycles. The highest BCUT2D eigenvalue weighted by Crippen LogP contribution is 2.25. The maximum absolute atomic E-state index is 12.8. The summed E-state index contributed by atoms with van der Waals surface area (Å²) in [6.45, 7) is 1.58. The van der Waals surface area contributed by atoms with Gasteiger partial charge >= 0.3 is 5.97 Å². The van der Waals surface area contributed by atoms with E-state index in [0.29, 0.717) is 0 Å². The molecule has 0 saturated carbocycles. The molecule has 1 atom stereocenters. The van der Waals surface area contributed by atoms with Crippen LogP contribution in [0, 0.1) is 5.92 Å². The lowest BCUT2D eigenvalue weighted by Gasteiger charge is -2.32. The van der Waals surface area contributed by atoms with Crippen molar-refractivity contribution in [1.82, 2.24) is 15.2 Å². The lowest BCUT2D eigenvalue weighted by atomic mass is 9.96. The number of aromatic nitrogens is 1. The highest BCUT2D eigenvalue weighted by molar-refractivity contribution is 6.19. The molecule has 2 amide bonds. The quantitative estimate of drug-likeness (QED) is 0.641. The Balaban J connectivity index is 1.75. The summed E-state index contributed by atoms with van der Waals surface area (Å²) in [6, 6.07) is 13.2.